The maximum Gasteiger partial charge on any atom is 0.222 e. The lowest BCUT2D eigenvalue weighted by atomic mass is 9.54. The van der Waals surface area contributed by atoms with Crippen LogP contribution in [0.5, 0.6) is 0 Å². The summed E-state index contributed by atoms with van der Waals surface area (Å²) in [6.45, 7) is 0. The molecule has 1 aromatic heterocycles. The topological polar surface area (TPSA) is 56.0 Å². The smallest absolute Gasteiger partial charge is 0.222 e. The van der Waals surface area contributed by atoms with Crippen LogP contribution in [0.2, 0.25) is 0 Å². The summed E-state index contributed by atoms with van der Waals surface area (Å²) in [5.74, 6) is 2.23. The van der Waals surface area contributed by atoms with Crippen molar-refractivity contribution in [2.45, 2.75) is 62.7 Å². The van der Waals surface area contributed by atoms with Crippen LogP contribution in [0.15, 0.2) is 4.42 Å². The molecule has 0 amide bonds. The second-order valence-corrected chi connectivity index (χ2v) is 6.48. The second kappa shape index (κ2) is 3.43. The van der Waals surface area contributed by atoms with Crippen LogP contribution in [0.4, 0.5) is 0 Å². The minimum atomic E-state index is -0.0267. The molecule has 0 unspecified atom stereocenters. The third kappa shape index (κ3) is 1.41. The standard InChI is InChI=1S/C14H18N2O2/c17-9-13-3-6-14(7-4-13,8-5-13)12-16-15-11(18-12)10-1-2-10/h9-10H,1-8H2. The summed E-state index contributed by atoms with van der Waals surface area (Å²) in [5.41, 5.74) is 0.0615. The summed E-state index contributed by atoms with van der Waals surface area (Å²) in [4.78, 5) is 11.2. The molecule has 0 aliphatic heterocycles. The lowest BCUT2D eigenvalue weighted by molar-refractivity contribution is -0.122. The van der Waals surface area contributed by atoms with Crippen LogP contribution in [0.25, 0.3) is 0 Å². The van der Waals surface area contributed by atoms with Gasteiger partial charge in [0.1, 0.15) is 6.29 Å². The molecule has 4 fully saturated rings. The zero-order valence-electron chi connectivity index (χ0n) is 10.5. The van der Waals surface area contributed by atoms with E-state index in [0.717, 1.165) is 50.3 Å². The predicted molar refractivity (Wildman–Crippen MR) is 64.2 cm³/mol. The summed E-state index contributed by atoms with van der Waals surface area (Å²) in [5, 5.41) is 8.53. The number of aromatic nitrogens is 2. The van der Waals surface area contributed by atoms with Gasteiger partial charge in [0, 0.05) is 16.7 Å². The van der Waals surface area contributed by atoms with Crippen molar-refractivity contribution in [2.75, 3.05) is 0 Å². The molecule has 4 saturated carbocycles. The molecule has 2 bridgehead atoms. The normalized spacial score (nSPS) is 38.9. The third-order valence-electron chi connectivity index (χ3n) is 5.38. The summed E-state index contributed by atoms with van der Waals surface area (Å²) >= 11 is 0. The first-order valence-corrected chi connectivity index (χ1v) is 7.06. The van der Waals surface area contributed by atoms with Crippen molar-refractivity contribution in [3.05, 3.63) is 11.8 Å². The third-order valence-corrected chi connectivity index (χ3v) is 5.38. The number of hydrogen-bond acceptors (Lipinski definition) is 4. The van der Waals surface area contributed by atoms with Crippen molar-refractivity contribution >= 4 is 6.29 Å². The van der Waals surface area contributed by atoms with E-state index in [1.807, 2.05) is 0 Å². The van der Waals surface area contributed by atoms with Gasteiger partial charge in [-0.05, 0) is 51.4 Å². The van der Waals surface area contributed by atoms with Crippen molar-refractivity contribution in [1.29, 1.82) is 0 Å². The van der Waals surface area contributed by atoms with Gasteiger partial charge in [-0.25, -0.2) is 0 Å². The average molecular weight is 246 g/mol. The van der Waals surface area contributed by atoms with Crippen molar-refractivity contribution in [3.8, 4) is 0 Å². The van der Waals surface area contributed by atoms with E-state index in [0.29, 0.717) is 5.92 Å². The molecule has 4 heteroatoms. The van der Waals surface area contributed by atoms with Crippen molar-refractivity contribution in [2.24, 2.45) is 5.41 Å². The first kappa shape index (κ1) is 10.7. The van der Waals surface area contributed by atoms with Gasteiger partial charge in [0.05, 0.1) is 0 Å². The largest absolute Gasteiger partial charge is 0.424 e. The van der Waals surface area contributed by atoms with Gasteiger partial charge in [0.25, 0.3) is 0 Å². The Balaban J connectivity index is 1.62. The maximum atomic E-state index is 11.2. The Morgan fingerprint density at radius 1 is 1.06 bits per heavy atom. The summed E-state index contributed by atoms with van der Waals surface area (Å²) in [6, 6.07) is 0. The minimum absolute atomic E-state index is 0.0267. The summed E-state index contributed by atoms with van der Waals surface area (Å²) < 4.78 is 5.92. The van der Waals surface area contributed by atoms with Crippen molar-refractivity contribution < 1.29 is 9.21 Å². The average Bonchev–Trinajstić information content (AvgIpc) is 3.18. The van der Waals surface area contributed by atoms with Gasteiger partial charge in [0.2, 0.25) is 11.8 Å². The van der Waals surface area contributed by atoms with E-state index in [9.17, 15) is 4.79 Å². The van der Waals surface area contributed by atoms with E-state index in [1.54, 1.807) is 0 Å². The molecule has 0 spiro atoms. The molecule has 0 aromatic carbocycles. The van der Waals surface area contributed by atoms with E-state index in [4.69, 9.17) is 4.42 Å². The van der Waals surface area contributed by atoms with E-state index in [1.165, 1.54) is 19.1 Å². The van der Waals surface area contributed by atoms with Gasteiger partial charge >= 0.3 is 0 Å². The highest BCUT2D eigenvalue weighted by atomic mass is 16.4. The number of nitrogens with zero attached hydrogens (tertiary/aromatic N) is 2. The Morgan fingerprint density at radius 2 is 1.72 bits per heavy atom. The van der Waals surface area contributed by atoms with Crippen LogP contribution >= 0.6 is 0 Å². The van der Waals surface area contributed by atoms with Gasteiger partial charge in [-0.3, -0.25) is 0 Å². The molecule has 1 aromatic rings. The molecule has 0 radical (unpaired) electrons. The lowest BCUT2D eigenvalue weighted by Crippen LogP contribution is -2.45. The Bertz CT molecular complexity index is 465. The predicted octanol–water partition coefficient (Wildman–Crippen LogP) is 2.74. The van der Waals surface area contributed by atoms with Gasteiger partial charge in [-0.2, -0.15) is 0 Å². The summed E-state index contributed by atoms with van der Waals surface area (Å²) in [6.07, 6.45) is 9.70. The molecule has 4 aliphatic rings. The number of carbonyl (C=O) groups excluding carboxylic acids is 1. The lowest BCUT2D eigenvalue weighted by Gasteiger charge is -2.49. The fourth-order valence-corrected chi connectivity index (χ4v) is 3.66. The minimum Gasteiger partial charge on any atom is -0.424 e. The zero-order valence-corrected chi connectivity index (χ0v) is 10.5. The van der Waals surface area contributed by atoms with Crippen LogP contribution < -0.4 is 0 Å². The molecule has 96 valence electrons. The van der Waals surface area contributed by atoms with E-state index < -0.39 is 0 Å². The van der Waals surface area contributed by atoms with Crippen molar-refractivity contribution in [1.82, 2.24) is 10.2 Å². The number of aldehydes is 1. The number of hydrogen-bond donors (Lipinski definition) is 0. The first-order chi connectivity index (χ1) is 8.75. The molecule has 4 nitrogen and oxygen atoms in total. The molecular formula is C14H18N2O2. The molecule has 1 heterocycles. The fraction of sp³-hybridized carbons (Fsp3) is 0.786. The molecule has 18 heavy (non-hydrogen) atoms. The quantitative estimate of drug-likeness (QED) is 0.769. The number of rotatable bonds is 3. The molecule has 0 saturated heterocycles. The van der Waals surface area contributed by atoms with E-state index >= 15 is 0 Å². The number of fused-ring (bicyclic) bond motifs is 3. The molecule has 4 aliphatic carbocycles. The van der Waals surface area contributed by atoms with Gasteiger partial charge in [-0.15, -0.1) is 10.2 Å². The van der Waals surface area contributed by atoms with Crippen LogP contribution in [0.1, 0.15) is 69.1 Å². The zero-order chi connectivity index (χ0) is 12.2. The highest BCUT2D eigenvalue weighted by Gasteiger charge is 2.52. The monoisotopic (exact) mass is 246 g/mol. The second-order valence-electron chi connectivity index (χ2n) is 6.48. The van der Waals surface area contributed by atoms with Gasteiger partial charge < -0.3 is 9.21 Å². The van der Waals surface area contributed by atoms with E-state index in [2.05, 4.69) is 10.2 Å². The van der Waals surface area contributed by atoms with Crippen LogP contribution in [0.3, 0.4) is 0 Å². The van der Waals surface area contributed by atoms with Crippen molar-refractivity contribution in [3.63, 3.8) is 0 Å². The Labute approximate surface area is 106 Å². The maximum absolute atomic E-state index is 11.2. The first-order valence-electron chi connectivity index (χ1n) is 7.06. The number of carbonyl (C=O) groups is 1. The summed E-state index contributed by atoms with van der Waals surface area (Å²) in [7, 11) is 0. The SMILES string of the molecule is O=CC12CCC(c3nnc(C4CC4)o3)(CC1)CC2. The molecule has 5 rings (SSSR count). The van der Waals surface area contributed by atoms with Gasteiger partial charge in [-0.1, -0.05) is 0 Å². The Kier molecular flexibility index (Phi) is 2.04. The van der Waals surface area contributed by atoms with Crippen LogP contribution in [-0.2, 0) is 10.2 Å². The van der Waals surface area contributed by atoms with Crippen LogP contribution in [-0.4, -0.2) is 16.5 Å². The highest BCUT2D eigenvalue weighted by Crippen LogP contribution is 2.56. The molecule has 0 atom stereocenters. The Hall–Kier alpha value is -1.19. The molecule has 0 N–H and O–H groups in total. The van der Waals surface area contributed by atoms with Crippen LogP contribution in [0, 0.1) is 5.41 Å². The fourth-order valence-electron chi connectivity index (χ4n) is 3.66. The van der Waals surface area contributed by atoms with Gasteiger partial charge in [0.15, 0.2) is 0 Å². The molecular weight excluding hydrogens is 228 g/mol. The van der Waals surface area contributed by atoms with E-state index in [-0.39, 0.29) is 10.8 Å². The highest BCUT2D eigenvalue weighted by molar-refractivity contribution is 5.60. The Morgan fingerprint density at radius 3 is 2.28 bits per heavy atom.